The molecule has 0 unspecified atom stereocenters. The number of amides is 1. The van der Waals surface area contributed by atoms with Crippen LogP contribution in [-0.4, -0.2) is 18.7 Å². The summed E-state index contributed by atoms with van der Waals surface area (Å²) in [5.41, 5.74) is 4.34. The molecule has 5 nitrogen and oxygen atoms in total. The molecule has 0 spiro atoms. The molecule has 0 bridgehead atoms. The molecule has 0 aliphatic heterocycles. The summed E-state index contributed by atoms with van der Waals surface area (Å²) < 4.78 is 11.3. The molecule has 32 heavy (non-hydrogen) atoms. The molecule has 0 saturated heterocycles. The quantitative estimate of drug-likeness (QED) is 0.284. The number of halogens is 1. The minimum atomic E-state index is -0.336. The predicted octanol–water partition coefficient (Wildman–Crippen LogP) is 5.60. The minimum Gasteiger partial charge on any atom is -0.489 e. The Balaban J connectivity index is 1.22. The number of carbonyl (C=O) groups excluding carboxylic acids is 1. The number of hydrogen-bond donors (Lipinski definition) is 1. The Kier molecular flexibility index (Phi) is 7.00. The van der Waals surface area contributed by atoms with Crippen LogP contribution in [0.4, 0.5) is 0 Å². The van der Waals surface area contributed by atoms with E-state index in [9.17, 15) is 4.79 Å². The van der Waals surface area contributed by atoms with Crippen LogP contribution in [0, 0.1) is 0 Å². The number of benzene rings is 4. The SMILES string of the molecule is O=C(COc1ccc2ccccc2c1)NN=Cc1ccc(OCc2ccc(Cl)cc2)cc1. The van der Waals surface area contributed by atoms with Crippen LogP contribution in [0.15, 0.2) is 96.1 Å². The van der Waals surface area contributed by atoms with Gasteiger partial charge >= 0.3 is 0 Å². The van der Waals surface area contributed by atoms with E-state index in [4.69, 9.17) is 21.1 Å². The lowest BCUT2D eigenvalue weighted by Gasteiger charge is -2.07. The van der Waals surface area contributed by atoms with Crippen molar-refractivity contribution in [2.45, 2.75) is 6.61 Å². The highest BCUT2D eigenvalue weighted by atomic mass is 35.5. The molecule has 0 saturated carbocycles. The minimum absolute atomic E-state index is 0.118. The number of nitrogens with zero attached hydrogens (tertiary/aromatic N) is 1. The van der Waals surface area contributed by atoms with Crippen LogP contribution in [0.3, 0.4) is 0 Å². The number of hydrazone groups is 1. The van der Waals surface area contributed by atoms with Gasteiger partial charge in [0.2, 0.25) is 0 Å². The second-order valence-corrected chi connectivity index (χ2v) is 7.51. The summed E-state index contributed by atoms with van der Waals surface area (Å²) in [4.78, 5) is 12.0. The number of rotatable bonds is 8. The summed E-state index contributed by atoms with van der Waals surface area (Å²) >= 11 is 5.89. The number of nitrogens with one attached hydrogen (secondary N) is 1. The largest absolute Gasteiger partial charge is 0.489 e. The Labute approximate surface area is 191 Å². The van der Waals surface area contributed by atoms with E-state index in [-0.39, 0.29) is 12.5 Å². The van der Waals surface area contributed by atoms with Crippen molar-refractivity contribution in [3.8, 4) is 11.5 Å². The third-order valence-electron chi connectivity index (χ3n) is 4.69. The zero-order chi connectivity index (χ0) is 22.2. The maximum atomic E-state index is 12.0. The van der Waals surface area contributed by atoms with Crippen LogP contribution in [0.25, 0.3) is 10.8 Å². The molecule has 4 aromatic carbocycles. The lowest BCUT2D eigenvalue weighted by Crippen LogP contribution is -2.24. The van der Waals surface area contributed by atoms with E-state index < -0.39 is 0 Å². The monoisotopic (exact) mass is 444 g/mol. The summed E-state index contributed by atoms with van der Waals surface area (Å²) in [6, 6.07) is 28.6. The molecule has 4 rings (SSSR count). The maximum absolute atomic E-state index is 12.0. The third-order valence-corrected chi connectivity index (χ3v) is 4.94. The van der Waals surface area contributed by atoms with Gasteiger partial charge in [0.15, 0.2) is 6.61 Å². The Morgan fingerprint density at radius 3 is 2.34 bits per heavy atom. The highest BCUT2D eigenvalue weighted by Gasteiger charge is 2.03. The summed E-state index contributed by atoms with van der Waals surface area (Å²) in [6.45, 7) is 0.338. The van der Waals surface area contributed by atoms with E-state index in [1.807, 2.05) is 91.0 Å². The van der Waals surface area contributed by atoms with E-state index in [0.717, 1.165) is 27.6 Å². The molecule has 6 heteroatoms. The van der Waals surface area contributed by atoms with Gasteiger partial charge in [0.1, 0.15) is 18.1 Å². The first-order valence-corrected chi connectivity index (χ1v) is 10.4. The van der Waals surface area contributed by atoms with Crippen LogP contribution in [0.2, 0.25) is 5.02 Å². The first kappa shape index (κ1) is 21.4. The molecule has 4 aromatic rings. The van der Waals surface area contributed by atoms with Crippen molar-refractivity contribution in [2.75, 3.05) is 6.61 Å². The molecular formula is C26H21ClN2O3. The topological polar surface area (TPSA) is 59.9 Å². The van der Waals surface area contributed by atoms with Crippen molar-refractivity contribution in [1.82, 2.24) is 5.43 Å². The van der Waals surface area contributed by atoms with E-state index >= 15 is 0 Å². The van der Waals surface area contributed by atoms with Gasteiger partial charge in [0.05, 0.1) is 6.21 Å². The van der Waals surface area contributed by atoms with Crippen LogP contribution >= 0.6 is 11.6 Å². The highest BCUT2D eigenvalue weighted by molar-refractivity contribution is 6.30. The first-order chi connectivity index (χ1) is 15.7. The molecule has 1 N–H and O–H groups in total. The van der Waals surface area contributed by atoms with Crippen molar-refractivity contribution in [1.29, 1.82) is 0 Å². The Hall–Kier alpha value is -3.83. The smallest absolute Gasteiger partial charge is 0.277 e. The molecule has 0 radical (unpaired) electrons. The lowest BCUT2D eigenvalue weighted by atomic mass is 10.1. The van der Waals surface area contributed by atoms with E-state index in [2.05, 4.69) is 10.5 Å². The molecule has 0 heterocycles. The summed E-state index contributed by atoms with van der Waals surface area (Å²) in [6.07, 6.45) is 1.57. The fourth-order valence-electron chi connectivity index (χ4n) is 3.01. The third kappa shape index (κ3) is 6.09. The Bertz CT molecular complexity index is 1220. The van der Waals surface area contributed by atoms with Gasteiger partial charge in [-0.3, -0.25) is 4.79 Å². The molecule has 160 valence electrons. The lowest BCUT2D eigenvalue weighted by molar-refractivity contribution is -0.123. The van der Waals surface area contributed by atoms with E-state index in [1.165, 1.54) is 0 Å². The van der Waals surface area contributed by atoms with Gasteiger partial charge in [0, 0.05) is 5.02 Å². The van der Waals surface area contributed by atoms with Gasteiger partial charge in [0.25, 0.3) is 5.91 Å². The number of carbonyl (C=O) groups is 1. The fraction of sp³-hybridized carbons (Fsp3) is 0.0769. The second kappa shape index (κ2) is 10.5. The zero-order valence-corrected chi connectivity index (χ0v) is 18.0. The van der Waals surface area contributed by atoms with Crippen molar-refractivity contribution in [3.63, 3.8) is 0 Å². The van der Waals surface area contributed by atoms with Gasteiger partial charge in [-0.1, -0.05) is 54.1 Å². The van der Waals surface area contributed by atoms with Crippen LogP contribution in [0.5, 0.6) is 11.5 Å². The molecule has 0 atom stereocenters. The van der Waals surface area contributed by atoms with Crippen molar-refractivity contribution in [2.24, 2.45) is 5.10 Å². The summed E-state index contributed by atoms with van der Waals surface area (Å²) in [5.74, 6) is 1.04. The van der Waals surface area contributed by atoms with E-state index in [0.29, 0.717) is 17.4 Å². The van der Waals surface area contributed by atoms with Gasteiger partial charge in [-0.15, -0.1) is 0 Å². The fourth-order valence-corrected chi connectivity index (χ4v) is 3.14. The first-order valence-electron chi connectivity index (χ1n) is 10.1. The second-order valence-electron chi connectivity index (χ2n) is 7.07. The standard InChI is InChI=1S/C26H21ClN2O3/c27-23-10-5-20(6-11-23)17-31-24-12-7-19(8-13-24)16-28-29-26(30)18-32-25-14-9-21-3-1-2-4-22(21)15-25/h1-16H,17-18H2,(H,29,30). The van der Waals surface area contributed by atoms with Gasteiger partial charge in [-0.05, 0) is 70.4 Å². The molecule has 0 fully saturated rings. The predicted molar refractivity (Wildman–Crippen MR) is 127 cm³/mol. The number of ether oxygens (including phenoxy) is 2. The highest BCUT2D eigenvalue weighted by Crippen LogP contribution is 2.20. The van der Waals surface area contributed by atoms with Crippen molar-refractivity contribution >= 4 is 34.5 Å². The molecule has 0 aliphatic carbocycles. The summed E-state index contributed by atoms with van der Waals surface area (Å²) in [5, 5.41) is 6.86. The molecular weight excluding hydrogens is 424 g/mol. The average molecular weight is 445 g/mol. The van der Waals surface area contributed by atoms with Crippen molar-refractivity contribution in [3.05, 3.63) is 107 Å². The molecule has 0 aliphatic rings. The van der Waals surface area contributed by atoms with Gasteiger partial charge in [-0.25, -0.2) is 5.43 Å². The van der Waals surface area contributed by atoms with Gasteiger partial charge < -0.3 is 9.47 Å². The Morgan fingerprint density at radius 2 is 1.56 bits per heavy atom. The Morgan fingerprint density at radius 1 is 0.844 bits per heavy atom. The number of fused-ring (bicyclic) bond motifs is 1. The summed E-state index contributed by atoms with van der Waals surface area (Å²) in [7, 11) is 0. The van der Waals surface area contributed by atoms with Gasteiger partial charge in [-0.2, -0.15) is 5.10 Å². The van der Waals surface area contributed by atoms with E-state index in [1.54, 1.807) is 6.21 Å². The average Bonchev–Trinajstić information content (AvgIpc) is 2.83. The van der Waals surface area contributed by atoms with Crippen LogP contribution < -0.4 is 14.9 Å². The van der Waals surface area contributed by atoms with Crippen LogP contribution in [-0.2, 0) is 11.4 Å². The number of hydrogen-bond acceptors (Lipinski definition) is 4. The molecule has 1 amide bonds. The maximum Gasteiger partial charge on any atom is 0.277 e. The van der Waals surface area contributed by atoms with Crippen LogP contribution in [0.1, 0.15) is 11.1 Å². The zero-order valence-electron chi connectivity index (χ0n) is 17.2. The molecule has 0 aromatic heterocycles. The normalized spacial score (nSPS) is 10.9. The van der Waals surface area contributed by atoms with Crippen molar-refractivity contribution < 1.29 is 14.3 Å².